The first-order valence-corrected chi connectivity index (χ1v) is 6.77. The van der Waals surface area contributed by atoms with Gasteiger partial charge in [-0.2, -0.15) is 0 Å². The van der Waals surface area contributed by atoms with Crippen molar-refractivity contribution in [2.75, 3.05) is 18.0 Å². The largest absolute Gasteiger partial charge is 0.388 e. The minimum Gasteiger partial charge on any atom is -0.388 e. The Labute approximate surface area is 118 Å². The summed E-state index contributed by atoms with van der Waals surface area (Å²) in [4.78, 5) is 17.9. The van der Waals surface area contributed by atoms with Crippen LogP contribution in [0.4, 0.5) is 5.82 Å². The molecule has 1 aliphatic heterocycles. The van der Waals surface area contributed by atoms with Gasteiger partial charge >= 0.3 is 0 Å². The highest BCUT2D eigenvalue weighted by Gasteiger charge is 2.21. The maximum Gasteiger partial charge on any atom is 0.217 e. The molecule has 4 N–H and O–H groups in total. The van der Waals surface area contributed by atoms with Crippen LogP contribution in [0.15, 0.2) is 18.2 Å². The predicted molar refractivity (Wildman–Crippen MR) is 78.9 cm³/mol. The highest BCUT2D eigenvalue weighted by Crippen LogP contribution is 2.23. The molecule has 1 amide bonds. The third kappa shape index (κ3) is 3.64. The minimum atomic E-state index is -0.216. The number of rotatable bonds is 4. The number of hydrogen-bond donors (Lipinski definition) is 2. The standard InChI is InChI=1S/C13H18N4OS/c14-11(18)8-9-4-6-17(7-5-9)12-3-1-2-10(16-12)13(15)19/h1-3,9H,4-8H2,(H2,14,18)(H2,15,19). The second kappa shape index (κ2) is 5.97. The first-order chi connectivity index (χ1) is 9.06. The molecule has 0 aliphatic carbocycles. The summed E-state index contributed by atoms with van der Waals surface area (Å²) in [5, 5.41) is 0. The fourth-order valence-corrected chi connectivity index (χ4v) is 2.50. The number of piperidine rings is 1. The summed E-state index contributed by atoms with van der Waals surface area (Å²) in [5.74, 6) is 1.07. The van der Waals surface area contributed by atoms with E-state index < -0.39 is 0 Å². The third-order valence-electron chi connectivity index (χ3n) is 3.42. The molecule has 0 atom stereocenters. The van der Waals surface area contributed by atoms with E-state index in [9.17, 15) is 4.79 Å². The lowest BCUT2D eigenvalue weighted by molar-refractivity contribution is -0.119. The Kier molecular flexibility index (Phi) is 4.31. The van der Waals surface area contributed by atoms with Crippen molar-refractivity contribution in [3.05, 3.63) is 23.9 Å². The van der Waals surface area contributed by atoms with Crippen molar-refractivity contribution >= 4 is 28.9 Å². The maximum atomic E-state index is 10.9. The molecular formula is C13H18N4OS. The van der Waals surface area contributed by atoms with E-state index in [0.717, 1.165) is 31.7 Å². The van der Waals surface area contributed by atoms with Crippen molar-refractivity contribution in [1.29, 1.82) is 0 Å². The van der Waals surface area contributed by atoms with Crippen molar-refractivity contribution < 1.29 is 4.79 Å². The number of anilines is 1. The molecule has 2 rings (SSSR count). The number of pyridine rings is 1. The van der Waals surface area contributed by atoms with Crippen LogP contribution >= 0.6 is 12.2 Å². The highest BCUT2D eigenvalue weighted by molar-refractivity contribution is 7.80. The molecule has 1 aromatic rings. The van der Waals surface area contributed by atoms with E-state index in [0.29, 0.717) is 23.0 Å². The van der Waals surface area contributed by atoms with Crippen LogP contribution in [0.2, 0.25) is 0 Å². The van der Waals surface area contributed by atoms with Crippen LogP contribution in [0.25, 0.3) is 0 Å². The van der Waals surface area contributed by atoms with E-state index in [1.54, 1.807) is 0 Å². The van der Waals surface area contributed by atoms with Crippen LogP contribution in [-0.2, 0) is 4.79 Å². The van der Waals surface area contributed by atoms with Crippen LogP contribution in [0, 0.1) is 5.92 Å². The topological polar surface area (TPSA) is 85.2 Å². The average Bonchev–Trinajstić information content (AvgIpc) is 2.39. The quantitative estimate of drug-likeness (QED) is 0.796. The Morgan fingerprint density at radius 1 is 1.37 bits per heavy atom. The lowest BCUT2D eigenvalue weighted by atomic mass is 9.93. The van der Waals surface area contributed by atoms with Gasteiger partial charge in [-0.15, -0.1) is 0 Å². The summed E-state index contributed by atoms with van der Waals surface area (Å²) in [6.45, 7) is 1.76. The van der Waals surface area contributed by atoms with Gasteiger partial charge in [-0.25, -0.2) is 4.98 Å². The summed E-state index contributed by atoms with van der Waals surface area (Å²) >= 11 is 4.93. The smallest absolute Gasteiger partial charge is 0.217 e. The highest BCUT2D eigenvalue weighted by atomic mass is 32.1. The number of primary amides is 1. The normalized spacial score (nSPS) is 16.3. The number of nitrogens with two attached hydrogens (primary N) is 2. The fraction of sp³-hybridized carbons (Fsp3) is 0.462. The van der Waals surface area contributed by atoms with Crippen molar-refractivity contribution in [3.63, 3.8) is 0 Å². The third-order valence-corrected chi connectivity index (χ3v) is 3.62. The van der Waals surface area contributed by atoms with Crippen molar-refractivity contribution in [1.82, 2.24) is 4.98 Å². The monoisotopic (exact) mass is 278 g/mol. The minimum absolute atomic E-state index is 0.216. The molecule has 6 heteroatoms. The molecule has 0 radical (unpaired) electrons. The molecular weight excluding hydrogens is 260 g/mol. The molecule has 2 heterocycles. The predicted octanol–water partition coefficient (Wildman–Crippen LogP) is 0.808. The Bertz CT molecular complexity index is 483. The molecule has 1 aliphatic rings. The summed E-state index contributed by atoms with van der Waals surface area (Å²) in [7, 11) is 0. The van der Waals surface area contributed by atoms with Crippen LogP contribution in [-0.4, -0.2) is 29.0 Å². The van der Waals surface area contributed by atoms with E-state index in [1.165, 1.54) is 0 Å². The number of carbonyl (C=O) groups is 1. The summed E-state index contributed by atoms with van der Waals surface area (Å²) in [5.41, 5.74) is 11.5. The zero-order chi connectivity index (χ0) is 13.8. The molecule has 5 nitrogen and oxygen atoms in total. The second-order valence-corrected chi connectivity index (χ2v) is 5.29. The van der Waals surface area contributed by atoms with Crippen molar-refractivity contribution in [3.8, 4) is 0 Å². The van der Waals surface area contributed by atoms with Crippen molar-refractivity contribution in [2.45, 2.75) is 19.3 Å². The van der Waals surface area contributed by atoms with Crippen molar-refractivity contribution in [2.24, 2.45) is 17.4 Å². The van der Waals surface area contributed by atoms with E-state index in [2.05, 4.69) is 9.88 Å². The van der Waals surface area contributed by atoms with E-state index >= 15 is 0 Å². The molecule has 0 saturated carbocycles. The SMILES string of the molecule is NC(=O)CC1CCN(c2cccc(C(N)=S)n2)CC1. The number of hydrogen-bond acceptors (Lipinski definition) is 4. The lowest BCUT2D eigenvalue weighted by Crippen LogP contribution is -2.35. The first-order valence-electron chi connectivity index (χ1n) is 6.36. The van der Waals surface area contributed by atoms with Gasteiger partial charge in [0, 0.05) is 19.5 Å². The molecule has 102 valence electrons. The van der Waals surface area contributed by atoms with Crippen LogP contribution in [0.1, 0.15) is 25.0 Å². The van der Waals surface area contributed by atoms with Crippen LogP contribution < -0.4 is 16.4 Å². The molecule has 1 fully saturated rings. The number of amides is 1. The van der Waals surface area contributed by atoms with Gasteiger partial charge in [-0.05, 0) is 30.9 Å². The Hall–Kier alpha value is -1.69. The Balaban J connectivity index is 1.99. The van der Waals surface area contributed by atoms with Gasteiger partial charge in [0.25, 0.3) is 0 Å². The summed E-state index contributed by atoms with van der Waals surface area (Å²) < 4.78 is 0. The zero-order valence-corrected chi connectivity index (χ0v) is 11.5. The summed E-state index contributed by atoms with van der Waals surface area (Å²) in [6, 6.07) is 5.67. The lowest BCUT2D eigenvalue weighted by Gasteiger charge is -2.32. The van der Waals surface area contributed by atoms with Gasteiger partial charge in [0.1, 0.15) is 10.8 Å². The molecule has 1 saturated heterocycles. The van der Waals surface area contributed by atoms with Gasteiger partial charge in [0.05, 0.1) is 5.69 Å². The van der Waals surface area contributed by atoms with E-state index in [-0.39, 0.29) is 5.91 Å². The number of carbonyl (C=O) groups excluding carboxylic acids is 1. The molecule has 0 spiro atoms. The molecule has 0 bridgehead atoms. The van der Waals surface area contributed by atoms with Gasteiger partial charge in [0.2, 0.25) is 5.91 Å². The van der Waals surface area contributed by atoms with Gasteiger partial charge < -0.3 is 16.4 Å². The second-order valence-electron chi connectivity index (χ2n) is 4.85. The van der Waals surface area contributed by atoms with E-state index in [1.807, 2.05) is 18.2 Å². The Morgan fingerprint density at radius 2 is 2.05 bits per heavy atom. The fourth-order valence-electron chi connectivity index (χ4n) is 2.39. The molecule has 19 heavy (non-hydrogen) atoms. The number of aromatic nitrogens is 1. The van der Waals surface area contributed by atoms with Gasteiger partial charge in [-0.1, -0.05) is 18.3 Å². The van der Waals surface area contributed by atoms with Crippen LogP contribution in [0.3, 0.4) is 0 Å². The van der Waals surface area contributed by atoms with Gasteiger partial charge in [-0.3, -0.25) is 4.79 Å². The molecule has 1 aromatic heterocycles. The van der Waals surface area contributed by atoms with E-state index in [4.69, 9.17) is 23.7 Å². The summed E-state index contributed by atoms with van der Waals surface area (Å²) in [6.07, 6.45) is 2.40. The number of nitrogens with zero attached hydrogens (tertiary/aromatic N) is 2. The van der Waals surface area contributed by atoms with Gasteiger partial charge in [0.15, 0.2) is 0 Å². The maximum absolute atomic E-state index is 10.9. The molecule has 0 unspecified atom stereocenters. The van der Waals surface area contributed by atoms with Crippen LogP contribution in [0.5, 0.6) is 0 Å². The first kappa shape index (κ1) is 13.7. The molecule has 0 aromatic carbocycles. The Morgan fingerprint density at radius 3 is 2.63 bits per heavy atom. The number of thiocarbonyl (C=S) groups is 1. The average molecular weight is 278 g/mol. The zero-order valence-electron chi connectivity index (χ0n) is 10.7.